The summed E-state index contributed by atoms with van der Waals surface area (Å²) >= 11 is 2.81. The van der Waals surface area contributed by atoms with E-state index in [1.165, 1.54) is 30.0 Å². The molecule has 4 aromatic rings. The maximum Gasteiger partial charge on any atom is 0.261 e. The van der Waals surface area contributed by atoms with E-state index in [-0.39, 0.29) is 24.0 Å². The van der Waals surface area contributed by atoms with E-state index in [9.17, 15) is 14.4 Å². The fourth-order valence-corrected chi connectivity index (χ4v) is 5.14. The van der Waals surface area contributed by atoms with Gasteiger partial charge in [0.05, 0.1) is 16.0 Å². The van der Waals surface area contributed by atoms with Gasteiger partial charge in [-0.05, 0) is 23.8 Å². The Balaban J connectivity index is 1.33. The molecule has 0 unspecified atom stereocenters. The standard InChI is InChI=1S/C22H21N5O3S2/c1-13(28)24-18(10-14-11-23-16-7-3-2-6-15(14)16)21(30)27-26-20(29)12-31-22-25-17-8-4-5-9-19(17)32-22/h2-9,11,18,23H,10,12H2,1H3,(H,24,28)(H,26,29)(H,27,30)/t18-/m1/s1. The van der Waals surface area contributed by atoms with Crippen LogP contribution in [0, 0.1) is 0 Å². The Bertz CT molecular complexity index is 1250. The fourth-order valence-electron chi connectivity index (χ4n) is 3.27. The minimum Gasteiger partial charge on any atom is -0.361 e. The summed E-state index contributed by atoms with van der Waals surface area (Å²) in [5.74, 6) is -1.09. The number of aromatic amines is 1. The van der Waals surface area contributed by atoms with Crippen LogP contribution >= 0.6 is 23.1 Å². The number of carbonyl (C=O) groups excluding carboxylic acids is 3. The van der Waals surface area contributed by atoms with Crippen LogP contribution in [0.25, 0.3) is 21.1 Å². The summed E-state index contributed by atoms with van der Waals surface area (Å²) in [5.41, 5.74) is 7.57. The van der Waals surface area contributed by atoms with Crippen LogP contribution in [-0.4, -0.2) is 39.5 Å². The number of thiazole rings is 1. The molecule has 0 aliphatic heterocycles. The van der Waals surface area contributed by atoms with E-state index >= 15 is 0 Å². The van der Waals surface area contributed by atoms with Crippen LogP contribution in [0.15, 0.2) is 59.1 Å². The maximum atomic E-state index is 12.7. The molecule has 2 aromatic carbocycles. The zero-order chi connectivity index (χ0) is 22.5. The molecule has 4 N–H and O–H groups in total. The number of hydrogen-bond donors (Lipinski definition) is 4. The molecule has 164 valence electrons. The molecule has 0 aliphatic carbocycles. The second-order valence-electron chi connectivity index (χ2n) is 7.09. The molecule has 3 amide bonds. The summed E-state index contributed by atoms with van der Waals surface area (Å²) in [6.07, 6.45) is 2.10. The number of hydrogen-bond acceptors (Lipinski definition) is 6. The Kier molecular flexibility index (Phi) is 6.72. The number of thioether (sulfide) groups is 1. The van der Waals surface area contributed by atoms with Gasteiger partial charge < -0.3 is 10.3 Å². The van der Waals surface area contributed by atoms with Gasteiger partial charge in [-0.15, -0.1) is 11.3 Å². The van der Waals surface area contributed by atoms with Gasteiger partial charge in [0.25, 0.3) is 5.91 Å². The highest BCUT2D eigenvalue weighted by atomic mass is 32.2. The van der Waals surface area contributed by atoms with Crippen molar-refractivity contribution in [3.05, 3.63) is 60.3 Å². The van der Waals surface area contributed by atoms with Gasteiger partial charge in [0, 0.05) is 30.4 Å². The van der Waals surface area contributed by atoms with Gasteiger partial charge in [0.1, 0.15) is 6.04 Å². The predicted octanol–water partition coefficient (Wildman–Crippen LogP) is 2.76. The van der Waals surface area contributed by atoms with Crippen molar-refractivity contribution in [3.63, 3.8) is 0 Å². The highest BCUT2D eigenvalue weighted by Gasteiger charge is 2.22. The lowest BCUT2D eigenvalue weighted by Gasteiger charge is -2.17. The number of nitrogens with zero attached hydrogens (tertiary/aromatic N) is 1. The zero-order valence-corrected chi connectivity index (χ0v) is 18.8. The number of aromatic nitrogens is 2. The van der Waals surface area contributed by atoms with E-state index < -0.39 is 11.9 Å². The molecule has 0 radical (unpaired) electrons. The quantitative estimate of drug-likeness (QED) is 0.246. The van der Waals surface area contributed by atoms with Crippen molar-refractivity contribution >= 4 is 61.9 Å². The summed E-state index contributed by atoms with van der Waals surface area (Å²) in [6, 6.07) is 14.7. The minimum absolute atomic E-state index is 0.105. The molecule has 2 heterocycles. The molecule has 8 nitrogen and oxygen atoms in total. The van der Waals surface area contributed by atoms with Crippen molar-refractivity contribution < 1.29 is 14.4 Å². The number of rotatable bonds is 7. The summed E-state index contributed by atoms with van der Waals surface area (Å²) < 4.78 is 1.84. The van der Waals surface area contributed by atoms with Crippen molar-refractivity contribution in [1.82, 2.24) is 26.1 Å². The lowest BCUT2D eigenvalue weighted by Crippen LogP contribution is -2.53. The molecule has 0 spiro atoms. The molecule has 0 bridgehead atoms. The SMILES string of the molecule is CC(=O)N[C@H](Cc1c[nH]c2ccccc12)C(=O)NNC(=O)CSc1nc2ccccc2s1. The average molecular weight is 468 g/mol. The van der Waals surface area contributed by atoms with Crippen LogP contribution in [0.3, 0.4) is 0 Å². The number of carbonyl (C=O) groups is 3. The van der Waals surface area contributed by atoms with E-state index in [1.54, 1.807) is 0 Å². The summed E-state index contributed by atoms with van der Waals surface area (Å²) in [4.78, 5) is 44.1. The van der Waals surface area contributed by atoms with Crippen LogP contribution in [0.4, 0.5) is 0 Å². The Morgan fingerprint density at radius 3 is 2.69 bits per heavy atom. The minimum atomic E-state index is -0.830. The van der Waals surface area contributed by atoms with Crippen LogP contribution in [0.2, 0.25) is 0 Å². The van der Waals surface area contributed by atoms with Gasteiger partial charge >= 0.3 is 0 Å². The smallest absolute Gasteiger partial charge is 0.261 e. The lowest BCUT2D eigenvalue weighted by molar-refractivity contribution is -0.131. The Hall–Kier alpha value is -3.37. The molecule has 0 saturated heterocycles. The van der Waals surface area contributed by atoms with Crippen LogP contribution in [-0.2, 0) is 20.8 Å². The topological polar surface area (TPSA) is 116 Å². The maximum absolute atomic E-state index is 12.7. The highest BCUT2D eigenvalue weighted by Crippen LogP contribution is 2.29. The molecule has 0 saturated carbocycles. The first-order chi connectivity index (χ1) is 15.5. The van der Waals surface area contributed by atoms with Crippen molar-refractivity contribution in [2.24, 2.45) is 0 Å². The Morgan fingerprint density at radius 2 is 1.88 bits per heavy atom. The van der Waals surface area contributed by atoms with E-state index in [0.29, 0.717) is 0 Å². The summed E-state index contributed by atoms with van der Waals surface area (Å²) in [7, 11) is 0. The Labute approximate surface area is 192 Å². The van der Waals surface area contributed by atoms with Crippen molar-refractivity contribution in [1.29, 1.82) is 0 Å². The molecule has 0 fully saturated rings. The molecule has 32 heavy (non-hydrogen) atoms. The zero-order valence-electron chi connectivity index (χ0n) is 17.2. The number of nitrogens with one attached hydrogen (secondary N) is 4. The molecule has 0 aliphatic rings. The average Bonchev–Trinajstić information content (AvgIpc) is 3.39. The van der Waals surface area contributed by atoms with Crippen LogP contribution in [0.5, 0.6) is 0 Å². The van der Waals surface area contributed by atoms with Crippen molar-refractivity contribution in [3.8, 4) is 0 Å². The number of amides is 3. The third-order valence-corrected chi connectivity index (χ3v) is 6.90. The number of para-hydroxylation sites is 2. The fraction of sp³-hybridized carbons (Fsp3) is 0.182. The lowest BCUT2D eigenvalue weighted by atomic mass is 10.0. The molecular weight excluding hydrogens is 446 g/mol. The molecular formula is C22H21N5O3S2. The number of benzene rings is 2. The number of fused-ring (bicyclic) bond motifs is 2. The van der Waals surface area contributed by atoms with E-state index in [2.05, 4.69) is 26.1 Å². The van der Waals surface area contributed by atoms with Crippen molar-refractivity contribution in [2.45, 2.75) is 23.7 Å². The van der Waals surface area contributed by atoms with Gasteiger partial charge in [0.15, 0.2) is 4.34 Å². The van der Waals surface area contributed by atoms with Crippen LogP contribution < -0.4 is 16.2 Å². The Morgan fingerprint density at radius 1 is 1.09 bits per heavy atom. The van der Waals surface area contributed by atoms with Gasteiger partial charge in [-0.25, -0.2) is 4.98 Å². The van der Waals surface area contributed by atoms with Crippen molar-refractivity contribution in [2.75, 3.05) is 5.75 Å². The molecule has 4 rings (SSSR count). The first-order valence-electron chi connectivity index (χ1n) is 9.89. The number of hydrazine groups is 1. The molecule has 1 atom stereocenters. The third kappa shape index (κ3) is 5.27. The largest absolute Gasteiger partial charge is 0.361 e. The highest BCUT2D eigenvalue weighted by molar-refractivity contribution is 8.01. The van der Waals surface area contributed by atoms with Gasteiger partial charge in [-0.3, -0.25) is 25.2 Å². The number of H-pyrrole nitrogens is 1. The molecule has 10 heteroatoms. The van der Waals surface area contributed by atoms with Crippen LogP contribution in [0.1, 0.15) is 12.5 Å². The monoisotopic (exact) mass is 467 g/mol. The normalized spacial score (nSPS) is 11.9. The van der Waals surface area contributed by atoms with E-state index in [0.717, 1.165) is 31.0 Å². The first kappa shape index (κ1) is 21.8. The second-order valence-corrected chi connectivity index (χ2v) is 9.34. The molecule has 2 aromatic heterocycles. The third-order valence-electron chi connectivity index (χ3n) is 4.72. The second kappa shape index (κ2) is 9.84. The summed E-state index contributed by atoms with van der Waals surface area (Å²) in [5, 5.41) is 3.63. The van der Waals surface area contributed by atoms with Gasteiger partial charge in [0.2, 0.25) is 11.8 Å². The summed E-state index contributed by atoms with van der Waals surface area (Å²) in [6.45, 7) is 1.35. The van der Waals surface area contributed by atoms with Gasteiger partial charge in [-0.1, -0.05) is 42.1 Å². The predicted molar refractivity (Wildman–Crippen MR) is 126 cm³/mol. The first-order valence-corrected chi connectivity index (χ1v) is 11.7. The van der Waals surface area contributed by atoms with E-state index in [1.807, 2.05) is 54.7 Å². The van der Waals surface area contributed by atoms with E-state index in [4.69, 9.17) is 0 Å². The van der Waals surface area contributed by atoms with Gasteiger partial charge in [-0.2, -0.15) is 0 Å².